The Labute approximate surface area is 165 Å². The second-order valence-corrected chi connectivity index (χ2v) is 7.46. The maximum atomic E-state index is 12.9. The Bertz CT molecular complexity index is 881. The lowest BCUT2D eigenvalue weighted by atomic mass is 10.1. The summed E-state index contributed by atoms with van der Waals surface area (Å²) in [5, 5.41) is 0.811. The van der Waals surface area contributed by atoms with E-state index in [1.807, 2.05) is 4.90 Å². The number of rotatable bonds is 4. The monoisotopic (exact) mass is 416 g/mol. The van der Waals surface area contributed by atoms with Gasteiger partial charge < -0.3 is 14.4 Å². The van der Waals surface area contributed by atoms with Gasteiger partial charge in [-0.25, -0.2) is 4.98 Å². The zero-order chi connectivity index (χ0) is 20.1. The van der Waals surface area contributed by atoms with Crippen LogP contribution in [0.4, 0.5) is 19.0 Å². The highest BCUT2D eigenvalue weighted by atomic mass is 35.5. The molecule has 1 aromatic carbocycles. The van der Waals surface area contributed by atoms with Crippen LogP contribution >= 0.6 is 11.6 Å². The highest BCUT2D eigenvalue weighted by Gasteiger charge is 2.45. The predicted octanol–water partition coefficient (Wildman–Crippen LogP) is 3.52. The average molecular weight is 417 g/mol. The first-order chi connectivity index (χ1) is 13.3. The summed E-state index contributed by atoms with van der Waals surface area (Å²) in [5.74, 6) is 1.66. The molecule has 0 amide bonds. The van der Waals surface area contributed by atoms with E-state index in [-0.39, 0.29) is 17.4 Å². The second-order valence-electron chi connectivity index (χ2n) is 7.12. The first-order valence-corrected chi connectivity index (χ1v) is 9.33. The fourth-order valence-electron chi connectivity index (χ4n) is 4.28. The van der Waals surface area contributed by atoms with Crippen LogP contribution in [0.2, 0.25) is 5.28 Å². The van der Waals surface area contributed by atoms with Crippen LogP contribution in [-0.2, 0) is 0 Å². The van der Waals surface area contributed by atoms with Gasteiger partial charge in [-0.15, -0.1) is 0 Å². The Morgan fingerprint density at radius 1 is 1.07 bits per heavy atom. The Morgan fingerprint density at radius 2 is 1.68 bits per heavy atom. The molecule has 2 atom stereocenters. The van der Waals surface area contributed by atoms with Crippen LogP contribution in [-0.4, -0.2) is 67.0 Å². The zero-order valence-corrected chi connectivity index (χ0v) is 16.2. The number of piperazine rings is 1. The SMILES string of the molecule is COc1cc2nc(Cl)nc(N3CC4CCC(C3)N4CC(F)(F)F)c2cc1OC. The molecule has 10 heteroatoms. The topological polar surface area (TPSA) is 50.7 Å². The van der Waals surface area contributed by atoms with Crippen molar-refractivity contribution in [2.75, 3.05) is 38.8 Å². The molecule has 0 aliphatic carbocycles. The van der Waals surface area contributed by atoms with Gasteiger partial charge in [0.15, 0.2) is 11.5 Å². The minimum atomic E-state index is -4.20. The van der Waals surface area contributed by atoms with Crippen molar-refractivity contribution in [3.63, 3.8) is 0 Å². The molecule has 0 saturated carbocycles. The van der Waals surface area contributed by atoms with Crippen molar-refractivity contribution in [1.29, 1.82) is 0 Å². The lowest BCUT2D eigenvalue weighted by molar-refractivity contribution is -0.153. The van der Waals surface area contributed by atoms with E-state index in [2.05, 4.69) is 9.97 Å². The fourth-order valence-corrected chi connectivity index (χ4v) is 4.45. The molecule has 2 fully saturated rings. The van der Waals surface area contributed by atoms with Gasteiger partial charge in [-0.2, -0.15) is 18.2 Å². The van der Waals surface area contributed by atoms with E-state index >= 15 is 0 Å². The molecule has 0 N–H and O–H groups in total. The van der Waals surface area contributed by atoms with Gasteiger partial charge in [0.1, 0.15) is 5.82 Å². The van der Waals surface area contributed by atoms with Crippen molar-refractivity contribution in [1.82, 2.24) is 14.9 Å². The third-order valence-electron chi connectivity index (χ3n) is 5.45. The van der Waals surface area contributed by atoms with Gasteiger partial charge in [-0.1, -0.05) is 0 Å². The molecular formula is C18H20ClF3N4O2. The molecule has 28 heavy (non-hydrogen) atoms. The third kappa shape index (κ3) is 3.53. The maximum absolute atomic E-state index is 12.9. The van der Waals surface area contributed by atoms with Gasteiger partial charge in [0.25, 0.3) is 0 Å². The summed E-state index contributed by atoms with van der Waals surface area (Å²) < 4.78 is 49.5. The molecule has 2 saturated heterocycles. The van der Waals surface area contributed by atoms with Gasteiger partial charge in [0, 0.05) is 36.6 Å². The van der Waals surface area contributed by atoms with E-state index < -0.39 is 12.7 Å². The number of aromatic nitrogens is 2. The average Bonchev–Trinajstić information content (AvgIpc) is 2.86. The number of nitrogens with zero attached hydrogens (tertiary/aromatic N) is 4. The molecule has 6 nitrogen and oxygen atoms in total. The minimum absolute atomic E-state index is 0.0831. The fraction of sp³-hybridized carbons (Fsp3) is 0.556. The predicted molar refractivity (Wildman–Crippen MR) is 99.4 cm³/mol. The standard InChI is InChI=1S/C18H20ClF3N4O2/c1-27-14-5-12-13(6-15(14)28-2)23-17(19)24-16(12)25-7-10-3-4-11(8-25)26(10)9-18(20,21)22/h5-6,10-11H,3-4,7-9H2,1-2H3. The summed E-state index contributed by atoms with van der Waals surface area (Å²) in [7, 11) is 3.07. The lowest BCUT2D eigenvalue weighted by Gasteiger charge is -2.42. The largest absolute Gasteiger partial charge is 0.493 e. The number of alkyl halides is 3. The molecule has 0 radical (unpaired) electrons. The third-order valence-corrected chi connectivity index (χ3v) is 5.62. The molecule has 2 unspecified atom stereocenters. The van der Waals surface area contributed by atoms with Crippen LogP contribution in [0.1, 0.15) is 12.8 Å². The Balaban J connectivity index is 1.70. The van der Waals surface area contributed by atoms with Gasteiger partial charge in [0.05, 0.1) is 26.3 Å². The number of halogens is 4. The summed E-state index contributed by atoms with van der Waals surface area (Å²) in [6, 6.07) is 3.18. The highest BCUT2D eigenvalue weighted by molar-refractivity contribution is 6.28. The van der Waals surface area contributed by atoms with Gasteiger partial charge in [0.2, 0.25) is 5.28 Å². The first kappa shape index (κ1) is 19.3. The van der Waals surface area contributed by atoms with E-state index in [0.29, 0.717) is 35.9 Å². The number of hydrogen-bond acceptors (Lipinski definition) is 6. The molecule has 0 spiro atoms. The number of methoxy groups -OCH3 is 2. The van der Waals surface area contributed by atoms with E-state index in [0.717, 1.165) is 18.2 Å². The Hall–Kier alpha value is -2.00. The summed E-state index contributed by atoms with van der Waals surface area (Å²) in [6.07, 6.45) is -2.71. The van der Waals surface area contributed by atoms with Crippen molar-refractivity contribution < 1.29 is 22.6 Å². The first-order valence-electron chi connectivity index (χ1n) is 8.96. The number of fused-ring (bicyclic) bond motifs is 3. The number of hydrogen-bond donors (Lipinski definition) is 0. The molecule has 2 aliphatic rings. The van der Waals surface area contributed by atoms with E-state index in [9.17, 15) is 13.2 Å². The molecule has 1 aromatic heterocycles. The molecule has 2 aliphatic heterocycles. The normalized spacial score (nSPS) is 22.7. The molecular weight excluding hydrogens is 397 g/mol. The van der Waals surface area contributed by atoms with Gasteiger partial charge in [-0.05, 0) is 30.5 Å². The lowest BCUT2D eigenvalue weighted by Crippen LogP contribution is -2.56. The Kier molecular flexibility index (Phi) is 4.91. The van der Waals surface area contributed by atoms with Crippen molar-refractivity contribution in [2.24, 2.45) is 0 Å². The molecule has 2 bridgehead atoms. The van der Waals surface area contributed by atoms with Crippen LogP contribution in [0, 0.1) is 0 Å². The van der Waals surface area contributed by atoms with E-state index in [1.54, 1.807) is 17.0 Å². The number of ether oxygens (including phenoxy) is 2. The van der Waals surface area contributed by atoms with Gasteiger partial charge in [-0.3, -0.25) is 4.90 Å². The maximum Gasteiger partial charge on any atom is 0.401 e. The summed E-state index contributed by atoms with van der Waals surface area (Å²) in [4.78, 5) is 12.2. The molecule has 3 heterocycles. The van der Waals surface area contributed by atoms with Crippen LogP contribution in [0.25, 0.3) is 10.9 Å². The molecule has 152 valence electrons. The quantitative estimate of drug-likeness (QED) is 0.711. The number of benzene rings is 1. The van der Waals surface area contributed by atoms with Crippen LogP contribution in [0.5, 0.6) is 11.5 Å². The van der Waals surface area contributed by atoms with Crippen molar-refractivity contribution >= 4 is 28.3 Å². The Morgan fingerprint density at radius 3 is 2.25 bits per heavy atom. The smallest absolute Gasteiger partial charge is 0.401 e. The van der Waals surface area contributed by atoms with Crippen LogP contribution in [0.15, 0.2) is 12.1 Å². The van der Waals surface area contributed by atoms with E-state index in [1.165, 1.54) is 14.2 Å². The highest BCUT2D eigenvalue weighted by Crippen LogP contribution is 2.39. The van der Waals surface area contributed by atoms with E-state index in [4.69, 9.17) is 21.1 Å². The molecule has 4 rings (SSSR count). The summed E-state index contributed by atoms with van der Waals surface area (Å²) >= 11 is 6.14. The van der Waals surface area contributed by atoms with Crippen molar-refractivity contribution in [2.45, 2.75) is 31.1 Å². The minimum Gasteiger partial charge on any atom is -0.493 e. The zero-order valence-electron chi connectivity index (χ0n) is 15.5. The van der Waals surface area contributed by atoms with Crippen molar-refractivity contribution in [3.05, 3.63) is 17.4 Å². The second kappa shape index (κ2) is 7.11. The van der Waals surface area contributed by atoms with Crippen molar-refractivity contribution in [3.8, 4) is 11.5 Å². The summed E-state index contributed by atoms with van der Waals surface area (Å²) in [5.41, 5.74) is 0.595. The van der Waals surface area contributed by atoms with Crippen LogP contribution in [0.3, 0.4) is 0 Å². The number of anilines is 1. The molecule has 2 aromatic rings. The summed E-state index contributed by atoms with van der Waals surface area (Å²) in [6.45, 7) is 0.0548. The van der Waals surface area contributed by atoms with Gasteiger partial charge >= 0.3 is 6.18 Å². The van der Waals surface area contributed by atoms with Crippen LogP contribution < -0.4 is 14.4 Å².